The van der Waals surface area contributed by atoms with E-state index in [4.69, 9.17) is 0 Å². The van der Waals surface area contributed by atoms with Crippen LogP contribution in [0.1, 0.15) is 23.7 Å². The second kappa shape index (κ2) is 4.62. The van der Waals surface area contributed by atoms with Crippen LogP contribution in [0.4, 0.5) is 0 Å². The van der Waals surface area contributed by atoms with Gasteiger partial charge in [0, 0.05) is 17.6 Å². The Hall–Kier alpha value is -1.41. The molecule has 2 heteroatoms. The first-order valence-corrected chi connectivity index (χ1v) is 5.78. The van der Waals surface area contributed by atoms with Crippen molar-refractivity contribution in [2.24, 2.45) is 0 Å². The molecule has 0 radical (unpaired) electrons. The predicted octanol–water partition coefficient (Wildman–Crippen LogP) is 2.83. The van der Waals surface area contributed by atoms with Crippen molar-refractivity contribution in [1.82, 2.24) is 10.3 Å². The van der Waals surface area contributed by atoms with Crippen molar-refractivity contribution in [3.63, 3.8) is 0 Å². The zero-order valence-corrected chi connectivity index (χ0v) is 10.2. The quantitative estimate of drug-likeness (QED) is 0.849. The molecular weight excluding hydrogens is 196 g/mol. The first kappa shape index (κ1) is 11.1. The van der Waals surface area contributed by atoms with Gasteiger partial charge in [-0.15, -0.1) is 0 Å². The number of aromatic nitrogens is 1. The number of nitrogens with zero attached hydrogens (tertiary/aromatic N) is 1. The molecule has 0 bridgehead atoms. The molecular formula is C14H18N2. The Morgan fingerprint density at radius 2 is 2.06 bits per heavy atom. The van der Waals surface area contributed by atoms with Gasteiger partial charge in [-0.05, 0) is 49.7 Å². The van der Waals surface area contributed by atoms with Crippen LogP contribution in [0.5, 0.6) is 0 Å². The third kappa shape index (κ3) is 2.07. The lowest BCUT2D eigenvalue weighted by Gasteiger charge is -2.08. The normalized spacial score (nSPS) is 10.9. The summed E-state index contributed by atoms with van der Waals surface area (Å²) in [5, 5.41) is 4.49. The lowest BCUT2D eigenvalue weighted by molar-refractivity contribution is 0.821. The van der Waals surface area contributed by atoms with Crippen molar-refractivity contribution in [2.75, 3.05) is 7.05 Å². The molecule has 1 aromatic carbocycles. The summed E-state index contributed by atoms with van der Waals surface area (Å²) in [5.41, 5.74) is 4.89. The van der Waals surface area contributed by atoms with E-state index in [0.29, 0.717) is 0 Å². The Bertz CT molecular complexity index is 503. The number of pyridine rings is 1. The SMILES string of the molecule is CCc1ccc2nc(C)cc(CNC)c2c1. The largest absolute Gasteiger partial charge is 0.316 e. The van der Waals surface area contributed by atoms with Crippen LogP contribution in [-0.2, 0) is 13.0 Å². The van der Waals surface area contributed by atoms with Gasteiger partial charge < -0.3 is 5.32 Å². The number of aryl methyl sites for hydroxylation is 2. The Kier molecular flexibility index (Phi) is 3.20. The van der Waals surface area contributed by atoms with Crippen molar-refractivity contribution in [3.05, 3.63) is 41.1 Å². The average molecular weight is 214 g/mol. The number of rotatable bonds is 3. The molecule has 2 aromatic rings. The second-order valence-corrected chi connectivity index (χ2v) is 4.16. The van der Waals surface area contributed by atoms with Gasteiger partial charge in [-0.25, -0.2) is 0 Å². The summed E-state index contributed by atoms with van der Waals surface area (Å²) >= 11 is 0. The van der Waals surface area contributed by atoms with Crippen LogP contribution in [-0.4, -0.2) is 12.0 Å². The molecule has 0 saturated heterocycles. The maximum absolute atomic E-state index is 4.57. The summed E-state index contributed by atoms with van der Waals surface area (Å²) in [4.78, 5) is 4.57. The third-order valence-electron chi connectivity index (χ3n) is 2.86. The smallest absolute Gasteiger partial charge is 0.0708 e. The predicted molar refractivity (Wildman–Crippen MR) is 68.6 cm³/mol. The molecule has 2 rings (SSSR count). The first-order chi connectivity index (χ1) is 7.74. The molecule has 16 heavy (non-hydrogen) atoms. The minimum absolute atomic E-state index is 0.896. The third-order valence-corrected chi connectivity index (χ3v) is 2.86. The lowest BCUT2D eigenvalue weighted by Crippen LogP contribution is -2.06. The van der Waals surface area contributed by atoms with Gasteiger partial charge in [0.1, 0.15) is 0 Å². The summed E-state index contributed by atoms with van der Waals surface area (Å²) in [5.74, 6) is 0. The lowest BCUT2D eigenvalue weighted by atomic mass is 10.0. The zero-order valence-electron chi connectivity index (χ0n) is 10.2. The number of hydrogen-bond acceptors (Lipinski definition) is 2. The van der Waals surface area contributed by atoms with Crippen LogP contribution in [0.15, 0.2) is 24.3 Å². The van der Waals surface area contributed by atoms with E-state index >= 15 is 0 Å². The highest BCUT2D eigenvalue weighted by Crippen LogP contribution is 2.20. The molecule has 1 aromatic heterocycles. The highest BCUT2D eigenvalue weighted by Gasteiger charge is 2.04. The van der Waals surface area contributed by atoms with Crippen molar-refractivity contribution < 1.29 is 0 Å². The van der Waals surface area contributed by atoms with Crippen molar-refractivity contribution in [2.45, 2.75) is 26.8 Å². The number of hydrogen-bond donors (Lipinski definition) is 1. The van der Waals surface area contributed by atoms with E-state index in [0.717, 1.165) is 24.2 Å². The standard InChI is InChI=1S/C14H18N2/c1-4-11-5-6-14-13(8-11)12(9-15-3)7-10(2)16-14/h5-8,15H,4,9H2,1-3H3. The summed E-state index contributed by atoms with van der Waals surface area (Å²) in [6, 6.07) is 8.71. The molecule has 1 N–H and O–H groups in total. The van der Waals surface area contributed by atoms with Crippen LogP contribution < -0.4 is 5.32 Å². The van der Waals surface area contributed by atoms with Crippen LogP contribution >= 0.6 is 0 Å². The average Bonchev–Trinajstić information content (AvgIpc) is 2.29. The molecule has 84 valence electrons. The summed E-state index contributed by atoms with van der Waals surface area (Å²) in [7, 11) is 1.98. The van der Waals surface area contributed by atoms with Gasteiger partial charge in [-0.1, -0.05) is 13.0 Å². The van der Waals surface area contributed by atoms with Gasteiger partial charge in [0.2, 0.25) is 0 Å². The summed E-state index contributed by atoms with van der Waals surface area (Å²) in [6.07, 6.45) is 1.07. The molecule has 0 aliphatic rings. The maximum atomic E-state index is 4.57. The minimum Gasteiger partial charge on any atom is -0.316 e. The number of fused-ring (bicyclic) bond motifs is 1. The Morgan fingerprint density at radius 1 is 1.25 bits per heavy atom. The summed E-state index contributed by atoms with van der Waals surface area (Å²) < 4.78 is 0. The van der Waals surface area contributed by atoms with Crippen molar-refractivity contribution in [3.8, 4) is 0 Å². The molecule has 0 spiro atoms. The highest BCUT2D eigenvalue weighted by atomic mass is 14.8. The molecule has 0 fully saturated rings. The molecule has 0 amide bonds. The zero-order chi connectivity index (χ0) is 11.5. The van der Waals surface area contributed by atoms with Crippen molar-refractivity contribution in [1.29, 1.82) is 0 Å². The first-order valence-electron chi connectivity index (χ1n) is 5.78. The van der Waals surface area contributed by atoms with Gasteiger partial charge in [0.25, 0.3) is 0 Å². The Morgan fingerprint density at radius 3 is 2.75 bits per heavy atom. The van der Waals surface area contributed by atoms with Gasteiger partial charge in [0.15, 0.2) is 0 Å². The number of nitrogens with one attached hydrogen (secondary N) is 1. The van der Waals surface area contributed by atoms with E-state index in [9.17, 15) is 0 Å². The van der Waals surface area contributed by atoms with E-state index in [1.54, 1.807) is 0 Å². The maximum Gasteiger partial charge on any atom is 0.0708 e. The van der Waals surface area contributed by atoms with E-state index in [1.807, 2.05) is 14.0 Å². The van der Waals surface area contributed by atoms with Gasteiger partial charge >= 0.3 is 0 Å². The van der Waals surface area contributed by atoms with Gasteiger partial charge in [0.05, 0.1) is 5.52 Å². The second-order valence-electron chi connectivity index (χ2n) is 4.16. The molecule has 0 atom stereocenters. The topological polar surface area (TPSA) is 24.9 Å². The highest BCUT2D eigenvalue weighted by molar-refractivity contribution is 5.83. The van der Waals surface area contributed by atoms with Crippen LogP contribution in [0, 0.1) is 6.92 Å². The molecule has 0 saturated carbocycles. The summed E-state index contributed by atoms with van der Waals surface area (Å²) in [6.45, 7) is 5.12. The van der Waals surface area contributed by atoms with E-state index < -0.39 is 0 Å². The molecule has 1 heterocycles. The van der Waals surface area contributed by atoms with Gasteiger partial charge in [-0.3, -0.25) is 4.98 Å². The van der Waals surface area contributed by atoms with Crippen molar-refractivity contribution >= 4 is 10.9 Å². The number of benzene rings is 1. The van der Waals surface area contributed by atoms with E-state index in [1.165, 1.54) is 16.5 Å². The molecule has 0 aliphatic heterocycles. The fourth-order valence-electron chi connectivity index (χ4n) is 2.05. The fourth-order valence-corrected chi connectivity index (χ4v) is 2.05. The molecule has 0 unspecified atom stereocenters. The Labute approximate surface area is 96.7 Å². The van der Waals surface area contributed by atoms with Gasteiger partial charge in [-0.2, -0.15) is 0 Å². The van der Waals surface area contributed by atoms with Crippen LogP contribution in [0.3, 0.4) is 0 Å². The molecule has 2 nitrogen and oxygen atoms in total. The van der Waals surface area contributed by atoms with E-state index in [-0.39, 0.29) is 0 Å². The molecule has 0 aliphatic carbocycles. The fraction of sp³-hybridized carbons (Fsp3) is 0.357. The Balaban J connectivity index is 2.65. The van der Waals surface area contributed by atoms with E-state index in [2.05, 4.69) is 41.5 Å². The van der Waals surface area contributed by atoms with Crippen LogP contribution in [0.25, 0.3) is 10.9 Å². The minimum atomic E-state index is 0.896. The monoisotopic (exact) mass is 214 g/mol. The van der Waals surface area contributed by atoms with Crippen LogP contribution in [0.2, 0.25) is 0 Å².